The van der Waals surface area contributed by atoms with Crippen molar-refractivity contribution in [3.05, 3.63) is 47.5 Å². The maximum atomic E-state index is 13.6. The Hall–Kier alpha value is -1.99. The Balaban J connectivity index is 2.07. The fourth-order valence-corrected chi connectivity index (χ4v) is 1.69. The molecule has 0 saturated carbocycles. The summed E-state index contributed by atoms with van der Waals surface area (Å²) >= 11 is 5.55. The van der Waals surface area contributed by atoms with E-state index in [0.29, 0.717) is 17.9 Å². The minimum absolute atomic E-state index is 0.174. The Labute approximate surface area is 122 Å². The Morgan fingerprint density at radius 2 is 2.25 bits per heavy atom. The van der Waals surface area contributed by atoms with Gasteiger partial charge >= 0.3 is 0 Å². The van der Waals surface area contributed by atoms with Crippen LogP contribution in [0.15, 0.2) is 30.5 Å². The monoisotopic (exact) mass is 292 g/mol. The van der Waals surface area contributed by atoms with Gasteiger partial charge in [0.2, 0.25) is 0 Å². The number of nitrogens with zero attached hydrogens (tertiary/aromatic N) is 2. The van der Waals surface area contributed by atoms with E-state index in [2.05, 4.69) is 16.9 Å². The SMILES string of the molecule is Cn1ccc(COc2cc(C#CCCCl)ccc2F)n1. The van der Waals surface area contributed by atoms with Crippen LogP contribution in [0.3, 0.4) is 0 Å². The number of ether oxygens (including phenoxy) is 1. The molecule has 0 aliphatic heterocycles. The molecule has 5 heteroatoms. The van der Waals surface area contributed by atoms with Crippen molar-refractivity contribution in [1.82, 2.24) is 9.78 Å². The van der Waals surface area contributed by atoms with Gasteiger partial charge in [0.15, 0.2) is 11.6 Å². The fourth-order valence-electron chi connectivity index (χ4n) is 1.60. The lowest BCUT2D eigenvalue weighted by Crippen LogP contribution is -1.99. The van der Waals surface area contributed by atoms with E-state index in [9.17, 15) is 4.39 Å². The molecule has 0 aliphatic carbocycles. The highest BCUT2D eigenvalue weighted by Crippen LogP contribution is 2.19. The summed E-state index contributed by atoms with van der Waals surface area (Å²) in [5.74, 6) is 6.06. The average Bonchev–Trinajstić information content (AvgIpc) is 2.85. The van der Waals surface area contributed by atoms with Gasteiger partial charge in [-0.2, -0.15) is 5.10 Å². The van der Waals surface area contributed by atoms with E-state index in [0.717, 1.165) is 5.69 Å². The van der Waals surface area contributed by atoms with Gasteiger partial charge in [0.25, 0.3) is 0 Å². The van der Waals surface area contributed by atoms with Crippen LogP contribution >= 0.6 is 11.6 Å². The van der Waals surface area contributed by atoms with Crippen LogP contribution in [-0.2, 0) is 13.7 Å². The molecule has 1 aromatic heterocycles. The number of benzene rings is 1. The van der Waals surface area contributed by atoms with Crippen LogP contribution in [0.1, 0.15) is 17.7 Å². The average molecular weight is 293 g/mol. The Kier molecular flexibility index (Phi) is 5.03. The summed E-state index contributed by atoms with van der Waals surface area (Å²) in [6.45, 7) is 0.219. The van der Waals surface area contributed by atoms with Gasteiger partial charge in [-0.3, -0.25) is 4.68 Å². The van der Waals surface area contributed by atoms with Crippen LogP contribution in [-0.4, -0.2) is 15.7 Å². The van der Waals surface area contributed by atoms with Crippen molar-refractivity contribution in [2.24, 2.45) is 7.05 Å². The minimum Gasteiger partial charge on any atom is -0.484 e. The number of hydrogen-bond donors (Lipinski definition) is 0. The minimum atomic E-state index is -0.413. The van der Waals surface area contributed by atoms with Gasteiger partial charge < -0.3 is 4.74 Å². The van der Waals surface area contributed by atoms with E-state index in [-0.39, 0.29) is 12.4 Å². The summed E-state index contributed by atoms with van der Waals surface area (Å²) in [4.78, 5) is 0. The zero-order chi connectivity index (χ0) is 14.4. The second-order valence-corrected chi connectivity index (χ2v) is 4.53. The molecule has 2 rings (SSSR count). The van der Waals surface area contributed by atoms with Crippen molar-refractivity contribution in [3.63, 3.8) is 0 Å². The number of halogens is 2. The Morgan fingerprint density at radius 3 is 2.95 bits per heavy atom. The van der Waals surface area contributed by atoms with Crippen LogP contribution in [0.4, 0.5) is 4.39 Å². The molecule has 2 aromatic rings. The largest absolute Gasteiger partial charge is 0.484 e. The lowest BCUT2D eigenvalue weighted by atomic mass is 10.2. The molecular weight excluding hydrogens is 279 g/mol. The van der Waals surface area contributed by atoms with Crippen LogP contribution in [0, 0.1) is 17.7 Å². The highest BCUT2D eigenvalue weighted by atomic mass is 35.5. The maximum absolute atomic E-state index is 13.6. The van der Waals surface area contributed by atoms with E-state index in [1.54, 1.807) is 16.8 Å². The van der Waals surface area contributed by atoms with Crippen molar-refractivity contribution in [3.8, 4) is 17.6 Å². The lowest BCUT2D eigenvalue weighted by Gasteiger charge is -2.06. The maximum Gasteiger partial charge on any atom is 0.165 e. The quantitative estimate of drug-likeness (QED) is 0.639. The molecule has 0 N–H and O–H groups in total. The molecule has 0 fully saturated rings. The topological polar surface area (TPSA) is 27.1 Å². The number of rotatable bonds is 4. The lowest BCUT2D eigenvalue weighted by molar-refractivity contribution is 0.285. The molecule has 20 heavy (non-hydrogen) atoms. The molecule has 104 valence electrons. The molecule has 3 nitrogen and oxygen atoms in total. The number of aromatic nitrogens is 2. The van der Waals surface area contributed by atoms with Gasteiger partial charge in [0.1, 0.15) is 6.61 Å². The van der Waals surface area contributed by atoms with Gasteiger partial charge in [-0.05, 0) is 24.3 Å². The smallest absolute Gasteiger partial charge is 0.165 e. The zero-order valence-electron chi connectivity index (χ0n) is 11.1. The van der Waals surface area contributed by atoms with E-state index in [4.69, 9.17) is 16.3 Å². The van der Waals surface area contributed by atoms with Crippen molar-refractivity contribution in [1.29, 1.82) is 0 Å². The van der Waals surface area contributed by atoms with Gasteiger partial charge in [-0.15, -0.1) is 11.6 Å². The molecular formula is C15H14ClFN2O. The molecule has 0 atom stereocenters. The van der Waals surface area contributed by atoms with Gasteiger partial charge in [-0.1, -0.05) is 11.8 Å². The van der Waals surface area contributed by atoms with Gasteiger partial charge in [-0.25, -0.2) is 4.39 Å². The highest BCUT2D eigenvalue weighted by Gasteiger charge is 2.05. The molecule has 0 spiro atoms. The fraction of sp³-hybridized carbons (Fsp3) is 0.267. The molecule has 0 bridgehead atoms. The summed E-state index contributed by atoms with van der Waals surface area (Å²) < 4.78 is 20.8. The number of aryl methyl sites for hydroxylation is 1. The Bertz CT molecular complexity index is 643. The number of hydrogen-bond acceptors (Lipinski definition) is 2. The highest BCUT2D eigenvalue weighted by molar-refractivity contribution is 6.18. The summed E-state index contributed by atoms with van der Waals surface area (Å²) in [7, 11) is 1.82. The van der Waals surface area contributed by atoms with E-state index in [1.807, 2.05) is 19.3 Å². The molecule has 0 saturated heterocycles. The van der Waals surface area contributed by atoms with Crippen LogP contribution in [0.25, 0.3) is 0 Å². The first kappa shape index (κ1) is 14.4. The molecule has 1 heterocycles. The third kappa shape index (κ3) is 4.01. The molecule has 0 radical (unpaired) electrons. The van der Waals surface area contributed by atoms with E-state index < -0.39 is 5.82 Å². The first-order valence-corrected chi connectivity index (χ1v) is 6.68. The third-order valence-electron chi connectivity index (χ3n) is 2.53. The van der Waals surface area contributed by atoms with Crippen LogP contribution in [0.2, 0.25) is 0 Å². The van der Waals surface area contributed by atoms with Crippen molar-refractivity contribution in [2.75, 3.05) is 5.88 Å². The van der Waals surface area contributed by atoms with Crippen molar-refractivity contribution >= 4 is 11.6 Å². The van der Waals surface area contributed by atoms with E-state index in [1.165, 1.54) is 6.07 Å². The standard InChI is InChI=1S/C15H14ClFN2O/c1-19-9-7-13(18-19)11-20-15-10-12(4-2-3-8-16)5-6-14(15)17/h5-7,9-10H,3,8,11H2,1H3. The van der Waals surface area contributed by atoms with Crippen LogP contribution in [0.5, 0.6) is 5.75 Å². The van der Waals surface area contributed by atoms with E-state index >= 15 is 0 Å². The second-order valence-electron chi connectivity index (χ2n) is 4.16. The summed E-state index contributed by atoms with van der Waals surface area (Å²) in [6, 6.07) is 6.37. The van der Waals surface area contributed by atoms with Crippen LogP contribution < -0.4 is 4.74 Å². The molecule has 0 unspecified atom stereocenters. The predicted octanol–water partition coefficient (Wildman–Crippen LogP) is 3.12. The summed E-state index contributed by atoms with van der Waals surface area (Å²) in [5.41, 5.74) is 1.44. The zero-order valence-corrected chi connectivity index (χ0v) is 11.8. The summed E-state index contributed by atoms with van der Waals surface area (Å²) in [5, 5.41) is 4.17. The van der Waals surface area contributed by atoms with Gasteiger partial charge in [0, 0.05) is 31.1 Å². The Morgan fingerprint density at radius 1 is 1.40 bits per heavy atom. The molecule has 1 aromatic carbocycles. The van der Waals surface area contributed by atoms with Crippen molar-refractivity contribution in [2.45, 2.75) is 13.0 Å². The van der Waals surface area contributed by atoms with Gasteiger partial charge in [0.05, 0.1) is 5.69 Å². The first-order chi connectivity index (χ1) is 9.69. The second kappa shape index (κ2) is 6.97. The van der Waals surface area contributed by atoms with Crippen molar-refractivity contribution < 1.29 is 9.13 Å². The normalized spacial score (nSPS) is 9.95. The summed E-state index contributed by atoms with van der Waals surface area (Å²) in [6.07, 6.45) is 2.41. The predicted molar refractivity (Wildman–Crippen MR) is 76.2 cm³/mol. The first-order valence-electron chi connectivity index (χ1n) is 6.15. The molecule has 0 aliphatic rings. The number of alkyl halides is 1. The molecule has 0 amide bonds. The third-order valence-corrected chi connectivity index (χ3v) is 2.72.